The summed E-state index contributed by atoms with van der Waals surface area (Å²) in [6, 6.07) is 1.76. The topological polar surface area (TPSA) is 3.24 Å². The summed E-state index contributed by atoms with van der Waals surface area (Å²) in [4.78, 5) is 2.59. The molecule has 0 aromatic carbocycles. The fourth-order valence-corrected chi connectivity index (χ4v) is 2.75. The Bertz CT molecular complexity index is 149. The van der Waals surface area contributed by atoms with Gasteiger partial charge >= 0.3 is 0 Å². The highest BCUT2D eigenvalue weighted by atomic mass is 15.4. The Morgan fingerprint density at radius 1 is 1.09 bits per heavy atom. The Hall–Kier alpha value is -0.0800. The van der Waals surface area contributed by atoms with Gasteiger partial charge in [0.1, 0.15) is 0 Å². The molecule has 2 rings (SSSR count). The maximum absolute atomic E-state index is 2.59. The molecule has 0 aromatic heterocycles. The number of rotatable bonds is 0. The monoisotopic (exact) mass is 155 g/mol. The molecule has 64 valence electrons. The molecule has 2 nitrogen and oxygen atoms in total. The van der Waals surface area contributed by atoms with Crippen LogP contribution in [-0.2, 0) is 0 Å². The van der Waals surface area contributed by atoms with Crippen LogP contribution in [0.25, 0.3) is 0 Å². The normalized spacial score (nSPS) is 42.8. The standard InChI is InChI=1S/C9H19N2/c1-10-8-4-5-9(10)7-11(2,3)6-8/h8-9H,4-7H2,1-3H3/q+1. The quantitative estimate of drug-likeness (QED) is 0.461. The van der Waals surface area contributed by atoms with Gasteiger partial charge in [0.15, 0.2) is 0 Å². The van der Waals surface area contributed by atoms with Gasteiger partial charge in [-0.3, -0.25) is 4.90 Å². The molecule has 11 heavy (non-hydrogen) atoms. The Morgan fingerprint density at radius 3 is 2.00 bits per heavy atom. The zero-order valence-electron chi connectivity index (χ0n) is 7.88. The van der Waals surface area contributed by atoms with Gasteiger partial charge in [-0.15, -0.1) is 0 Å². The van der Waals surface area contributed by atoms with Gasteiger partial charge in [0.2, 0.25) is 0 Å². The van der Waals surface area contributed by atoms with Gasteiger partial charge in [0.05, 0.1) is 39.3 Å². The van der Waals surface area contributed by atoms with E-state index in [1.165, 1.54) is 30.4 Å². The van der Waals surface area contributed by atoms with E-state index >= 15 is 0 Å². The van der Waals surface area contributed by atoms with E-state index in [2.05, 4.69) is 26.0 Å². The molecule has 2 aliphatic heterocycles. The van der Waals surface area contributed by atoms with Crippen LogP contribution in [0, 0.1) is 0 Å². The highest BCUT2D eigenvalue weighted by Crippen LogP contribution is 2.30. The molecule has 0 aromatic rings. The summed E-state index contributed by atoms with van der Waals surface area (Å²) in [6.45, 7) is 2.71. The minimum absolute atomic E-state index is 0.878. The lowest BCUT2D eigenvalue weighted by atomic mass is 10.2. The molecule has 2 bridgehead atoms. The molecule has 2 heterocycles. The molecule has 0 saturated carbocycles. The lowest BCUT2D eigenvalue weighted by Gasteiger charge is -2.42. The highest BCUT2D eigenvalue weighted by molar-refractivity contribution is 4.88. The number of fused-ring (bicyclic) bond motifs is 2. The molecule has 2 aliphatic rings. The number of likely N-dealkylation sites (tertiary alicyclic amines) is 1. The van der Waals surface area contributed by atoms with Crippen molar-refractivity contribution in [1.82, 2.24) is 4.90 Å². The summed E-state index contributed by atoms with van der Waals surface area (Å²) >= 11 is 0. The van der Waals surface area contributed by atoms with E-state index in [0.717, 1.165) is 12.1 Å². The van der Waals surface area contributed by atoms with Gasteiger partial charge < -0.3 is 4.48 Å². The Balaban J connectivity index is 2.14. The van der Waals surface area contributed by atoms with E-state index in [9.17, 15) is 0 Å². The molecule has 0 N–H and O–H groups in total. The van der Waals surface area contributed by atoms with E-state index in [1.54, 1.807) is 0 Å². The van der Waals surface area contributed by atoms with Crippen LogP contribution in [0.15, 0.2) is 0 Å². The van der Waals surface area contributed by atoms with E-state index in [-0.39, 0.29) is 0 Å². The van der Waals surface area contributed by atoms with Crippen molar-refractivity contribution < 1.29 is 4.48 Å². The third-order valence-electron chi connectivity index (χ3n) is 3.40. The van der Waals surface area contributed by atoms with Crippen LogP contribution in [0.1, 0.15) is 12.8 Å². The second-order valence-electron chi connectivity index (χ2n) is 4.85. The molecule has 0 amide bonds. The molecule has 2 heteroatoms. The fraction of sp³-hybridized carbons (Fsp3) is 1.00. The van der Waals surface area contributed by atoms with Gasteiger partial charge in [-0.25, -0.2) is 0 Å². The van der Waals surface area contributed by atoms with Crippen LogP contribution in [0.5, 0.6) is 0 Å². The van der Waals surface area contributed by atoms with Crippen molar-refractivity contribution in [2.24, 2.45) is 0 Å². The Kier molecular flexibility index (Phi) is 1.52. The first kappa shape index (κ1) is 7.56. The molecule has 0 spiro atoms. The minimum Gasteiger partial charge on any atom is -0.326 e. The summed E-state index contributed by atoms with van der Waals surface area (Å²) < 4.78 is 1.24. The number of nitrogens with zero attached hydrogens (tertiary/aromatic N) is 2. The number of hydrogen-bond donors (Lipinski definition) is 0. The maximum Gasteiger partial charge on any atom is 0.0941 e. The van der Waals surface area contributed by atoms with Gasteiger partial charge in [-0.2, -0.15) is 0 Å². The van der Waals surface area contributed by atoms with Crippen LogP contribution in [0.4, 0.5) is 0 Å². The highest BCUT2D eigenvalue weighted by Gasteiger charge is 2.42. The van der Waals surface area contributed by atoms with E-state index < -0.39 is 0 Å². The third-order valence-corrected chi connectivity index (χ3v) is 3.40. The molecule has 2 unspecified atom stereocenters. The van der Waals surface area contributed by atoms with Crippen molar-refractivity contribution in [2.75, 3.05) is 34.2 Å². The summed E-state index contributed by atoms with van der Waals surface area (Å²) in [5.74, 6) is 0. The molecular weight excluding hydrogens is 136 g/mol. The zero-order valence-corrected chi connectivity index (χ0v) is 7.88. The summed E-state index contributed by atoms with van der Waals surface area (Å²) in [7, 11) is 7.01. The summed E-state index contributed by atoms with van der Waals surface area (Å²) in [5, 5.41) is 0. The van der Waals surface area contributed by atoms with Crippen molar-refractivity contribution >= 4 is 0 Å². The second kappa shape index (κ2) is 2.20. The average molecular weight is 155 g/mol. The van der Waals surface area contributed by atoms with Crippen molar-refractivity contribution in [3.63, 3.8) is 0 Å². The number of quaternary nitrogens is 1. The van der Waals surface area contributed by atoms with Crippen LogP contribution >= 0.6 is 0 Å². The van der Waals surface area contributed by atoms with Gasteiger partial charge in [-0.1, -0.05) is 0 Å². The number of likely N-dealkylation sites (N-methyl/N-ethyl adjacent to an activating group) is 2. The number of hydrogen-bond acceptors (Lipinski definition) is 1. The van der Waals surface area contributed by atoms with Gasteiger partial charge in [-0.05, 0) is 19.9 Å². The fourth-order valence-electron chi connectivity index (χ4n) is 2.75. The SMILES string of the molecule is CN1C2CCC1C[N+](C)(C)C2. The van der Waals surface area contributed by atoms with Crippen molar-refractivity contribution in [1.29, 1.82) is 0 Å². The first-order valence-electron chi connectivity index (χ1n) is 4.62. The first-order chi connectivity index (χ1) is 5.08. The molecular formula is C9H19N2+. The lowest BCUT2D eigenvalue weighted by molar-refractivity contribution is -0.899. The molecule has 0 aliphatic carbocycles. The molecule has 2 saturated heterocycles. The van der Waals surface area contributed by atoms with E-state index in [4.69, 9.17) is 0 Å². The average Bonchev–Trinajstić information content (AvgIpc) is 2.19. The Morgan fingerprint density at radius 2 is 1.55 bits per heavy atom. The molecule has 0 radical (unpaired) electrons. The Labute approximate surface area is 69.4 Å². The van der Waals surface area contributed by atoms with Crippen LogP contribution < -0.4 is 0 Å². The smallest absolute Gasteiger partial charge is 0.0941 e. The summed E-state index contributed by atoms with van der Waals surface area (Å²) in [5.41, 5.74) is 0. The summed E-state index contributed by atoms with van der Waals surface area (Å²) in [6.07, 6.45) is 2.87. The second-order valence-corrected chi connectivity index (χ2v) is 4.85. The molecule has 2 atom stereocenters. The first-order valence-corrected chi connectivity index (χ1v) is 4.62. The van der Waals surface area contributed by atoms with Crippen LogP contribution in [-0.4, -0.2) is 55.7 Å². The maximum atomic E-state index is 2.59. The van der Waals surface area contributed by atoms with Crippen molar-refractivity contribution in [3.8, 4) is 0 Å². The third kappa shape index (κ3) is 1.18. The van der Waals surface area contributed by atoms with Crippen molar-refractivity contribution in [2.45, 2.75) is 24.9 Å². The predicted molar refractivity (Wildman–Crippen MR) is 46.4 cm³/mol. The van der Waals surface area contributed by atoms with Crippen molar-refractivity contribution in [3.05, 3.63) is 0 Å². The predicted octanol–water partition coefficient (Wildman–Crippen LogP) is 0.539. The zero-order chi connectivity index (χ0) is 8.06. The molecule has 2 fully saturated rings. The van der Waals surface area contributed by atoms with E-state index in [1.807, 2.05) is 0 Å². The minimum atomic E-state index is 0.878. The largest absolute Gasteiger partial charge is 0.326 e. The lowest BCUT2D eigenvalue weighted by Crippen LogP contribution is -2.59. The van der Waals surface area contributed by atoms with E-state index in [0.29, 0.717) is 0 Å². The van der Waals surface area contributed by atoms with Gasteiger partial charge in [0, 0.05) is 0 Å². The van der Waals surface area contributed by atoms with Gasteiger partial charge in [0.25, 0.3) is 0 Å². The van der Waals surface area contributed by atoms with Crippen LogP contribution in [0.2, 0.25) is 0 Å². The number of piperazine rings is 1. The van der Waals surface area contributed by atoms with Crippen LogP contribution in [0.3, 0.4) is 0 Å².